The third-order valence-corrected chi connectivity index (χ3v) is 2.34. The zero-order chi connectivity index (χ0) is 11.6. The summed E-state index contributed by atoms with van der Waals surface area (Å²) in [5.41, 5.74) is 3.75. The summed E-state index contributed by atoms with van der Waals surface area (Å²) in [5, 5.41) is 9.52. The third-order valence-electron chi connectivity index (χ3n) is 2.34. The van der Waals surface area contributed by atoms with Crippen molar-refractivity contribution in [2.75, 3.05) is 0 Å². The molecule has 0 aromatic heterocycles. The van der Waals surface area contributed by atoms with E-state index in [-0.39, 0.29) is 0 Å². The summed E-state index contributed by atoms with van der Waals surface area (Å²) in [7, 11) is 0. The third kappa shape index (κ3) is 3.42. The summed E-state index contributed by atoms with van der Waals surface area (Å²) >= 11 is 0. The summed E-state index contributed by atoms with van der Waals surface area (Å²) in [6.45, 7) is 9.59. The first kappa shape index (κ1) is 11.8. The van der Waals surface area contributed by atoms with Crippen molar-refractivity contribution in [1.82, 2.24) is 0 Å². The quantitative estimate of drug-likeness (QED) is 0.641. The van der Waals surface area contributed by atoms with E-state index < -0.39 is 5.60 Å². The Bertz CT molecular complexity index is 425. The zero-order valence-corrected chi connectivity index (χ0v) is 10.1. The summed E-state index contributed by atoms with van der Waals surface area (Å²) in [6.07, 6.45) is 0. The molecule has 0 amide bonds. The van der Waals surface area contributed by atoms with E-state index in [9.17, 15) is 5.11 Å². The van der Waals surface area contributed by atoms with Crippen LogP contribution in [0, 0.1) is 32.6 Å². The van der Waals surface area contributed by atoms with Crippen LogP contribution in [0.3, 0.4) is 0 Å². The number of aryl methyl sites for hydroxylation is 3. The van der Waals surface area contributed by atoms with Gasteiger partial charge in [0.05, 0.1) is 0 Å². The summed E-state index contributed by atoms with van der Waals surface area (Å²) < 4.78 is 0. The van der Waals surface area contributed by atoms with Gasteiger partial charge in [0.2, 0.25) is 0 Å². The van der Waals surface area contributed by atoms with Crippen molar-refractivity contribution in [2.24, 2.45) is 0 Å². The molecule has 1 heteroatoms. The van der Waals surface area contributed by atoms with Crippen LogP contribution in [-0.2, 0) is 0 Å². The fourth-order valence-electron chi connectivity index (χ4n) is 1.32. The highest BCUT2D eigenvalue weighted by molar-refractivity contribution is 5.46. The molecule has 1 nitrogen and oxygen atoms in total. The smallest absolute Gasteiger partial charge is 0.120 e. The molecule has 0 unspecified atom stereocenters. The second-order valence-electron chi connectivity index (χ2n) is 4.56. The second kappa shape index (κ2) is 4.08. The van der Waals surface area contributed by atoms with Gasteiger partial charge in [0.25, 0.3) is 0 Å². The Kier molecular flexibility index (Phi) is 3.21. The van der Waals surface area contributed by atoms with Gasteiger partial charge in [-0.15, -0.1) is 0 Å². The molecule has 1 rings (SSSR count). The molecule has 0 aliphatic carbocycles. The first-order valence-electron chi connectivity index (χ1n) is 5.13. The second-order valence-corrected chi connectivity index (χ2v) is 4.56. The molecule has 0 aliphatic rings. The van der Waals surface area contributed by atoms with Gasteiger partial charge in [0, 0.05) is 5.56 Å². The summed E-state index contributed by atoms with van der Waals surface area (Å²) in [6, 6.07) is 4.20. The normalized spacial score (nSPS) is 10.8. The van der Waals surface area contributed by atoms with Crippen molar-refractivity contribution in [2.45, 2.75) is 40.2 Å². The molecule has 80 valence electrons. The van der Waals surface area contributed by atoms with Gasteiger partial charge in [-0.05, 0) is 57.4 Å². The number of hydrogen-bond acceptors (Lipinski definition) is 1. The number of rotatable bonds is 0. The predicted molar refractivity (Wildman–Crippen MR) is 63.8 cm³/mol. The van der Waals surface area contributed by atoms with Gasteiger partial charge >= 0.3 is 0 Å². The topological polar surface area (TPSA) is 20.2 Å². The molecule has 0 radical (unpaired) electrons. The SMILES string of the molecule is Cc1cc(C)c(C#CC(C)(C)O)cc1C. The van der Waals surface area contributed by atoms with Crippen molar-refractivity contribution in [3.8, 4) is 11.8 Å². The van der Waals surface area contributed by atoms with Crippen LogP contribution in [0.2, 0.25) is 0 Å². The maximum atomic E-state index is 9.52. The summed E-state index contributed by atoms with van der Waals surface area (Å²) in [4.78, 5) is 0. The fourth-order valence-corrected chi connectivity index (χ4v) is 1.32. The van der Waals surface area contributed by atoms with E-state index in [1.807, 2.05) is 6.92 Å². The highest BCUT2D eigenvalue weighted by Gasteiger charge is 2.06. The minimum atomic E-state index is -0.925. The largest absolute Gasteiger partial charge is 0.378 e. The molecule has 0 spiro atoms. The first-order chi connectivity index (χ1) is 6.79. The standard InChI is InChI=1S/C14H18O/c1-10-8-12(3)13(9-11(10)2)6-7-14(4,5)15/h8-9,15H,1-5H3. The molecule has 0 bridgehead atoms. The molecule has 15 heavy (non-hydrogen) atoms. The van der Waals surface area contributed by atoms with E-state index in [4.69, 9.17) is 0 Å². The molecule has 1 aromatic rings. The van der Waals surface area contributed by atoms with Crippen molar-refractivity contribution in [3.63, 3.8) is 0 Å². The lowest BCUT2D eigenvalue weighted by atomic mass is 10.0. The molecular weight excluding hydrogens is 184 g/mol. The van der Waals surface area contributed by atoms with E-state index in [0.29, 0.717) is 0 Å². The highest BCUT2D eigenvalue weighted by atomic mass is 16.3. The van der Waals surface area contributed by atoms with Gasteiger partial charge in [0.15, 0.2) is 0 Å². The van der Waals surface area contributed by atoms with E-state index >= 15 is 0 Å². The average molecular weight is 202 g/mol. The van der Waals surface area contributed by atoms with Crippen molar-refractivity contribution in [3.05, 3.63) is 34.4 Å². The summed E-state index contributed by atoms with van der Waals surface area (Å²) in [5.74, 6) is 5.85. The Labute approximate surface area is 92.1 Å². The predicted octanol–water partition coefficient (Wildman–Crippen LogP) is 2.73. The van der Waals surface area contributed by atoms with Crippen LogP contribution in [-0.4, -0.2) is 10.7 Å². The van der Waals surface area contributed by atoms with Crippen LogP contribution in [0.5, 0.6) is 0 Å². The lowest BCUT2D eigenvalue weighted by Crippen LogP contribution is -2.14. The van der Waals surface area contributed by atoms with Crippen LogP contribution in [0.15, 0.2) is 12.1 Å². The van der Waals surface area contributed by atoms with Crippen molar-refractivity contribution < 1.29 is 5.11 Å². The Morgan fingerprint density at radius 2 is 1.53 bits per heavy atom. The Morgan fingerprint density at radius 3 is 2.07 bits per heavy atom. The number of benzene rings is 1. The fraction of sp³-hybridized carbons (Fsp3) is 0.429. The van der Waals surface area contributed by atoms with Gasteiger partial charge in [-0.25, -0.2) is 0 Å². The molecule has 0 heterocycles. The lowest BCUT2D eigenvalue weighted by Gasteiger charge is -2.08. The van der Waals surface area contributed by atoms with Crippen molar-refractivity contribution in [1.29, 1.82) is 0 Å². The van der Waals surface area contributed by atoms with Crippen LogP contribution in [0.1, 0.15) is 36.1 Å². The van der Waals surface area contributed by atoms with E-state index in [1.54, 1.807) is 13.8 Å². The minimum absolute atomic E-state index is 0.925. The number of hydrogen-bond donors (Lipinski definition) is 1. The van der Waals surface area contributed by atoms with Crippen LogP contribution >= 0.6 is 0 Å². The Morgan fingerprint density at radius 1 is 1.00 bits per heavy atom. The molecule has 0 atom stereocenters. The van der Waals surface area contributed by atoms with Crippen molar-refractivity contribution >= 4 is 0 Å². The monoisotopic (exact) mass is 202 g/mol. The molecule has 1 N–H and O–H groups in total. The molecule has 0 saturated carbocycles. The maximum absolute atomic E-state index is 9.52. The van der Waals surface area contributed by atoms with Crippen LogP contribution in [0.4, 0.5) is 0 Å². The average Bonchev–Trinajstić information content (AvgIpc) is 2.07. The molecule has 1 aromatic carbocycles. The van der Waals surface area contributed by atoms with E-state index in [0.717, 1.165) is 11.1 Å². The zero-order valence-electron chi connectivity index (χ0n) is 10.1. The van der Waals surface area contributed by atoms with Gasteiger partial charge in [-0.2, -0.15) is 0 Å². The van der Waals surface area contributed by atoms with E-state index in [2.05, 4.69) is 37.8 Å². The maximum Gasteiger partial charge on any atom is 0.120 e. The molecular formula is C14H18O. The highest BCUT2D eigenvalue weighted by Crippen LogP contribution is 2.14. The molecule has 0 fully saturated rings. The van der Waals surface area contributed by atoms with Gasteiger partial charge in [-0.3, -0.25) is 0 Å². The van der Waals surface area contributed by atoms with E-state index in [1.165, 1.54) is 11.1 Å². The molecule has 0 saturated heterocycles. The lowest BCUT2D eigenvalue weighted by molar-refractivity contribution is 0.143. The van der Waals surface area contributed by atoms with Gasteiger partial charge in [0.1, 0.15) is 5.60 Å². The Balaban J connectivity index is 3.15. The number of aliphatic hydroxyl groups is 1. The van der Waals surface area contributed by atoms with Crippen LogP contribution < -0.4 is 0 Å². The minimum Gasteiger partial charge on any atom is -0.378 e. The van der Waals surface area contributed by atoms with Gasteiger partial charge < -0.3 is 5.11 Å². The molecule has 0 aliphatic heterocycles. The Hall–Kier alpha value is -1.26. The van der Waals surface area contributed by atoms with Crippen LogP contribution in [0.25, 0.3) is 0 Å². The van der Waals surface area contributed by atoms with Gasteiger partial charge in [-0.1, -0.05) is 17.9 Å². The first-order valence-corrected chi connectivity index (χ1v) is 5.13.